The van der Waals surface area contributed by atoms with Gasteiger partial charge in [-0.25, -0.2) is 17.6 Å². The maximum absolute atomic E-state index is 15.0. The lowest BCUT2D eigenvalue weighted by atomic mass is 10.1. The Bertz CT molecular complexity index is 1470. The molecule has 0 aromatic heterocycles. The molecule has 2 amide bonds. The second kappa shape index (κ2) is 15.0. The zero-order valence-corrected chi connectivity index (χ0v) is 25.5. The number of benzene rings is 3. The lowest BCUT2D eigenvalue weighted by Gasteiger charge is -2.33. The van der Waals surface area contributed by atoms with Crippen molar-refractivity contribution in [2.45, 2.75) is 75.6 Å². The molecule has 0 saturated heterocycles. The van der Waals surface area contributed by atoms with Crippen LogP contribution in [0.1, 0.15) is 73.9 Å². The largest absolute Gasteiger partial charge is 0.492 e. The standard InChI is InChI=1S/C32H33ClF4N2O3S/c1-3-4-5-6-7-8-13-42-28-12-10-24(35)23(30(28)33)18-39-27-11-9-20(14-29(27)43-19(2)32(39)41)31(40)38-17-22-25(36)15-21(34)16-26(22)37/h9-12,14-16,19H,3-8,13,17-18H2,1-2H3,(H,38,40). The van der Waals surface area contributed by atoms with Crippen molar-refractivity contribution in [2.75, 3.05) is 11.5 Å². The highest BCUT2D eigenvalue weighted by Gasteiger charge is 2.33. The summed E-state index contributed by atoms with van der Waals surface area (Å²) < 4.78 is 62.0. The third kappa shape index (κ3) is 8.03. The topological polar surface area (TPSA) is 58.6 Å². The van der Waals surface area contributed by atoms with E-state index in [9.17, 15) is 22.8 Å². The van der Waals surface area contributed by atoms with Crippen LogP contribution in [0.15, 0.2) is 47.4 Å². The third-order valence-corrected chi connectivity index (χ3v) is 8.73. The SMILES string of the molecule is CCCCCCCCOc1ccc(F)c(CN2C(=O)C(C)Sc3cc(C(=O)NCc4c(F)cc(F)cc4F)ccc32)c1Cl. The van der Waals surface area contributed by atoms with Crippen LogP contribution in [0.5, 0.6) is 5.75 Å². The highest BCUT2D eigenvalue weighted by Crippen LogP contribution is 2.42. The molecule has 0 aliphatic carbocycles. The summed E-state index contributed by atoms with van der Waals surface area (Å²) in [5.41, 5.74) is 0.300. The van der Waals surface area contributed by atoms with E-state index in [2.05, 4.69) is 12.2 Å². The van der Waals surface area contributed by atoms with E-state index in [1.165, 1.54) is 54.1 Å². The number of amides is 2. The molecule has 1 atom stereocenters. The van der Waals surface area contributed by atoms with E-state index in [4.69, 9.17) is 16.3 Å². The number of nitrogens with zero attached hydrogens (tertiary/aromatic N) is 1. The van der Waals surface area contributed by atoms with Crippen LogP contribution in [-0.2, 0) is 17.9 Å². The summed E-state index contributed by atoms with van der Waals surface area (Å²) in [4.78, 5) is 28.0. The van der Waals surface area contributed by atoms with Crippen LogP contribution >= 0.6 is 23.4 Å². The van der Waals surface area contributed by atoms with Crippen molar-refractivity contribution >= 4 is 40.9 Å². The first-order chi connectivity index (χ1) is 20.6. The van der Waals surface area contributed by atoms with E-state index in [-0.39, 0.29) is 28.6 Å². The van der Waals surface area contributed by atoms with Crippen molar-refractivity contribution in [3.8, 4) is 5.75 Å². The summed E-state index contributed by atoms with van der Waals surface area (Å²) in [7, 11) is 0. The number of fused-ring (bicyclic) bond motifs is 1. The van der Waals surface area contributed by atoms with E-state index in [1.54, 1.807) is 19.1 Å². The summed E-state index contributed by atoms with van der Waals surface area (Å²) in [5, 5.41) is 2.00. The minimum atomic E-state index is -1.11. The third-order valence-electron chi connectivity index (χ3n) is 7.18. The minimum absolute atomic E-state index is 0.0995. The van der Waals surface area contributed by atoms with Crippen LogP contribution in [-0.4, -0.2) is 23.7 Å². The van der Waals surface area contributed by atoms with Gasteiger partial charge in [-0.2, -0.15) is 0 Å². The van der Waals surface area contributed by atoms with Crippen LogP contribution < -0.4 is 15.0 Å². The Balaban J connectivity index is 1.48. The van der Waals surface area contributed by atoms with Gasteiger partial charge in [0, 0.05) is 40.3 Å². The van der Waals surface area contributed by atoms with Crippen LogP contribution in [0, 0.1) is 23.3 Å². The molecule has 3 aromatic rings. The van der Waals surface area contributed by atoms with E-state index >= 15 is 4.39 Å². The van der Waals surface area contributed by atoms with E-state index in [1.807, 2.05) is 0 Å². The molecule has 11 heteroatoms. The quantitative estimate of drug-likeness (QED) is 0.151. The summed E-state index contributed by atoms with van der Waals surface area (Å²) in [6.07, 6.45) is 6.57. The number of unbranched alkanes of at least 4 members (excludes halogenated alkanes) is 5. The molecule has 1 unspecified atom stereocenters. The van der Waals surface area contributed by atoms with Crippen LogP contribution in [0.2, 0.25) is 5.02 Å². The Hall–Kier alpha value is -3.24. The highest BCUT2D eigenvalue weighted by atomic mass is 35.5. The number of halogens is 5. The number of rotatable bonds is 13. The van der Waals surface area contributed by atoms with Gasteiger partial charge in [0.05, 0.1) is 29.1 Å². The fourth-order valence-electron chi connectivity index (χ4n) is 4.78. The molecule has 3 aromatic carbocycles. The Kier molecular flexibility index (Phi) is 11.4. The predicted octanol–water partition coefficient (Wildman–Crippen LogP) is 8.59. The first-order valence-corrected chi connectivity index (χ1v) is 15.5. The van der Waals surface area contributed by atoms with Gasteiger partial charge in [0.2, 0.25) is 5.91 Å². The van der Waals surface area contributed by atoms with Gasteiger partial charge in [-0.3, -0.25) is 9.59 Å². The number of carbonyl (C=O) groups is 2. The molecule has 0 saturated carbocycles. The average Bonchev–Trinajstić information content (AvgIpc) is 2.96. The van der Waals surface area contributed by atoms with Crippen LogP contribution in [0.3, 0.4) is 0 Å². The van der Waals surface area contributed by atoms with Crippen molar-refractivity contribution in [1.29, 1.82) is 0 Å². The normalized spacial score (nSPS) is 14.5. The fraction of sp³-hybridized carbons (Fsp3) is 0.375. The molecule has 230 valence electrons. The van der Waals surface area contributed by atoms with Crippen LogP contribution in [0.25, 0.3) is 0 Å². The molecule has 1 aliphatic heterocycles. The van der Waals surface area contributed by atoms with Gasteiger partial charge in [0.25, 0.3) is 5.91 Å². The summed E-state index contributed by atoms with van der Waals surface area (Å²) in [6.45, 7) is 3.67. The number of ether oxygens (including phenoxy) is 1. The van der Waals surface area contributed by atoms with Crippen molar-refractivity contribution in [1.82, 2.24) is 5.32 Å². The summed E-state index contributed by atoms with van der Waals surface area (Å²) >= 11 is 7.81. The lowest BCUT2D eigenvalue weighted by molar-refractivity contribution is -0.118. The molecule has 0 fully saturated rings. The Morgan fingerprint density at radius 3 is 2.37 bits per heavy atom. The molecule has 1 N–H and O–H groups in total. The molecule has 4 rings (SSSR count). The van der Waals surface area contributed by atoms with Gasteiger partial charge in [-0.05, 0) is 43.7 Å². The molecular weight excluding hydrogens is 604 g/mol. The number of hydrogen-bond acceptors (Lipinski definition) is 4. The Morgan fingerprint density at radius 1 is 0.953 bits per heavy atom. The number of anilines is 1. The summed E-state index contributed by atoms with van der Waals surface area (Å²) in [5.74, 6) is -4.38. The molecule has 5 nitrogen and oxygen atoms in total. The van der Waals surface area contributed by atoms with Crippen molar-refractivity contribution in [3.63, 3.8) is 0 Å². The smallest absolute Gasteiger partial charge is 0.251 e. The second-order valence-corrected chi connectivity index (χ2v) is 12.1. The molecule has 0 bridgehead atoms. The Labute approximate surface area is 257 Å². The Morgan fingerprint density at radius 2 is 1.65 bits per heavy atom. The number of carbonyl (C=O) groups excluding carboxylic acids is 2. The number of hydrogen-bond donors (Lipinski definition) is 1. The maximum Gasteiger partial charge on any atom is 0.251 e. The van der Waals surface area contributed by atoms with Gasteiger partial charge in [-0.15, -0.1) is 11.8 Å². The van der Waals surface area contributed by atoms with Gasteiger partial charge in [0.15, 0.2) is 0 Å². The van der Waals surface area contributed by atoms with Gasteiger partial charge in [-0.1, -0.05) is 50.6 Å². The molecule has 43 heavy (non-hydrogen) atoms. The molecule has 1 heterocycles. The van der Waals surface area contributed by atoms with E-state index in [0.29, 0.717) is 35.1 Å². The van der Waals surface area contributed by atoms with Crippen molar-refractivity contribution in [2.24, 2.45) is 0 Å². The first-order valence-electron chi connectivity index (χ1n) is 14.2. The van der Waals surface area contributed by atoms with Crippen molar-refractivity contribution < 1.29 is 31.9 Å². The highest BCUT2D eigenvalue weighted by molar-refractivity contribution is 8.01. The predicted molar refractivity (Wildman–Crippen MR) is 161 cm³/mol. The van der Waals surface area contributed by atoms with Crippen molar-refractivity contribution in [3.05, 3.63) is 87.4 Å². The van der Waals surface area contributed by atoms with Crippen LogP contribution in [0.4, 0.5) is 23.2 Å². The molecule has 0 radical (unpaired) electrons. The van der Waals surface area contributed by atoms with Gasteiger partial charge >= 0.3 is 0 Å². The summed E-state index contributed by atoms with van der Waals surface area (Å²) in [6, 6.07) is 8.41. The number of thioether (sulfide) groups is 1. The molecule has 0 spiro atoms. The zero-order valence-electron chi connectivity index (χ0n) is 24.0. The second-order valence-electron chi connectivity index (χ2n) is 10.4. The average molecular weight is 637 g/mol. The maximum atomic E-state index is 15.0. The van der Waals surface area contributed by atoms with E-state index < -0.39 is 46.5 Å². The van der Waals surface area contributed by atoms with Gasteiger partial charge in [0.1, 0.15) is 29.0 Å². The minimum Gasteiger partial charge on any atom is -0.492 e. The van der Waals surface area contributed by atoms with E-state index in [0.717, 1.165) is 19.3 Å². The fourth-order valence-corrected chi connectivity index (χ4v) is 6.15. The molecule has 1 aliphatic rings. The van der Waals surface area contributed by atoms with Gasteiger partial charge < -0.3 is 15.0 Å². The zero-order chi connectivity index (χ0) is 31.1. The monoisotopic (exact) mass is 636 g/mol. The number of nitrogens with one attached hydrogen (secondary N) is 1. The lowest BCUT2D eigenvalue weighted by Crippen LogP contribution is -2.39. The molecular formula is C32H33ClF4N2O3S. The first kappa shape index (κ1) is 32.7.